The minimum Gasteiger partial charge on any atom is -0.318 e. The Bertz CT molecular complexity index is 520. The van der Waals surface area contributed by atoms with Gasteiger partial charge in [0.05, 0.1) is 6.04 Å². The zero-order chi connectivity index (χ0) is 13.1. The van der Waals surface area contributed by atoms with Gasteiger partial charge < -0.3 is 5.73 Å². The highest BCUT2D eigenvalue weighted by Crippen LogP contribution is 2.27. The number of rotatable bonds is 4. The molecular formula is C12H14ClFN4. The number of halogens is 2. The van der Waals surface area contributed by atoms with Crippen LogP contribution in [0.3, 0.4) is 0 Å². The molecular weight excluding hydrogens is 255 g/mol. The van der Waals surface area contributed by atoms with Gasteiger partial charge in [-0.3, -0.25) is 0 Å². The smallest absolute Gasteiger partial charge is 0.148 e. The summed E-state index contributed by atoms with van der Waals surface area (Å²) in [6.45, 7) is 2.71. The Balaban J connectivity index is 2.41. The van der Waals surface area contributed by atoms with Crippen molar-refractivity contribution >= 4 is 11.6 Å². The molecule has 1 heterocycles. The lowest BCUT2D eigenvalue weighted by Crippen LogP contribution is -2.20. The van der Waals surface area contributed by atoms with E-state index in [9.17, 15) is 4.39 Å². The van der Waals surface area contributed by atoms with Gasteiger partial charge in [-0.25, -0.2) is 14.1 Å². The van der Waals surface area contributed by atoms with Crippen molar-refractivity contribution in [1.29, 1.82) is 0 Å². The molecule has 0 saturated carbocycles. The molecule has 0 bridgehead atoms. The Labute approximate surface area is 110 Å². The second-order valence-corrected chi connectivity index (χ2v) is 4.36. The van der Waals surface area contributed by atoms with Crippen LogP contribution in [0.1, 0.15) is 30.8 Å². The van der Waals surface area contributed by atoms with Gasteiger partial charge in [0.2, 0.25) is 0 Å². The van der Waals surface area contributed by atoms with E-state index < -0.39 is 11.9 Å². The van der Waals surface area contributed by atoms with Crippen molar-refractivity contribution in [2.24, 2.45) is 5.73 Å². The summed E-state index contributed by atoms with van der Waals surface area (Å²) in [5.74, 6) is 0.0879. The third-order valence-electron chi connectivity index (χ3n) is 2.67. The monoisotopic (exact) mass is 268 g/mol. The Morgan fingerprint density at radius 1 is 1.50 bits per heavy atom. The fourth-order valence-electron chi connectivity index (χ4n) is 1.83. The van der Waals surface area contributed by atoms with E-state index in [0.717, 1.165) is 6.42 Å². The molecule has 0 aliphatic rings. The summed E-state index contributed by atoms with van der Waals surface area (Å²) in [5, 5.41) is 4.37. The number of nitrogens with zero attached hydrogens (tertiary/aromatic N) is 3. The molecule has 18 heavy (non-hydrogen) atoms. The van der Waals surface area contributed by atoms with Crippen LogP contribution in [0.4, 0.5) is 4.39 Å². The molecule has 0 amide bonds. The number of nitrogens with two attached hydrogens (primary N) is 1. The average molecular weight is 269 g/mol. The maximum absolute atomic E-state index is 13.8. The fourth-order valence-corrected chi connectivity index (χ4v) is 2.12. The summed E-state index contributed by atoms with van der Waals surface area (Å²) in [7, 11) is 0. The molecule has 2 rings (SSSR count). The largest absolute Gasteiger partial charge is 0.318 e. The third kappa shape index (κ3) is 2.37. The molecule has 0 spiro atoms. The molecule has 0 aliphatic heterocycles. The van der Waals surface area contributed by atoms with Crippen LogP contribution >= 0.6 is 11.6 Å². The summed E-state index contributed by atoms with van der Waals surface area (Å²) in [5.41, 5.74) is 6.30. The Morgan fingerprint density at radius 3 is 2.94 bits per heavy atom. The number of hydrogen-bond acceptors (Lipinski definition) is 3. The first-order valence-electron chi connectivity index (χ1n) is 5.72. The molecule has 1 atom stereocenters. The number of aromatic nitrogens is 3. The van der Waals surface area contributed by atoms with Gasteiger partial charge >= 0.3 is 0 Å². The SMILES string of the molecule is CCCn1ncnc1C(N)c1c(F)cccc1Cl. The first kappa shape index (κ1) is 13.0. The van der Waals surface area contributed by atoms with Gasteiger partial charge in [-0.2, -0.15) is 5.10 Å². The lowest BCUT2D eigenvalue weighted by Gasteiger charge is -2.14. The minimum atomic E-state index is -0.715. The van der Waals surface area contributed by atoms with Crippen molar-refractivity contribution in [2.75, 3.05) is 0 Å². The van der Waals surface area contributed by atoms with E-state index in [1.807, 2.05) is 6.92 Å². The van der Waals surface area contributed by atoms with E-state index in [1.54, 1.807) is 16.8 Å². The van der Waals surface area contributed by atoms with Crippen LogP contribution in [0, 0.1) is 5.82 Å². The van der Waals surface area contributed by atoms with Crippen molar-refractivity contribution < 1.29 is 4.39 Å². The van der Waals surface area contributed by atoms with Crippen LogP contribution in [0.2, 0.25) is 5.02 Å². The van der Waals surface area contributed by atoms with Crippen LogP contribution in [0.5, 0.6) is 0 Å². The molecule has 0 fully saturated rings. The summed E-state index contributed by atoms with van der Waals surface area (Å²) in [6, 6.07) is 3.78. The minimum absolute atomic E-state index is 0.254. The van der Waals surface area contributed by atoms with E-state index in [1.165, 1.54) is 12.4 Å². The van der Waals surface area contributed by atoms with Crippen molar-refractivity contribution in [2.45, 2.75) is 25.9 Å². The van der Waals surface area contributed by atoms with Crippen molar-refractivity contribution in [1.82, 2.24) is 14.8 Å². The Morgan fingerprint density at radius 2 is 2.28 bits per heavy atom. The van der Waals surface area contributed by atoms with Gasteiger partial charge in [0, 0.05) is 17.1 Å². The quantitative estimate of drug-likeness (QED) is 0.927. The average Bonchev–Trinajstić information content (AvgIpc) is 2.77. The van der Waals surface area contributed by atoms with Gasteiger partial charge in [-0.15, -0.1) is 0 Å². The first-order valence-corrected chi connectivity index (χ1v) is 6.10. The predicted molar refractivity (Wildman–Crippen MR) is 67.8 cm³/mol. The highest BCUT2D eigenvalue weighted by Gasteiger charge is 2.21. The van der Waals surface area contributed by atoms with Gasteiger partial charge in [-0.05, 0) is 18.6 Å². The first-order chi connectivity index (χ1) is 8.65. The number of aryl methyl sites for hydroxylation is 1. The Hall–Kier alpha value is -1.46. The molecule has 1 unspecified atom stereocenters. The number of benzene rings is 1. The topological polar surface area (TPSA) is 56.7 Å². The normalized spacial score (nSPS) is 12.7. The molecule has 2 N–H and O–H groups in total. The predicted octanol–water partition coefficient (Wildman–Crippen LogP) is 2.53. The molecule has 2 aromatic rings. The van der Waals surface area contributed by atoms with E-state index in [-0.39, 0.29) is 5.56 Å². The maximum Gasteiger partial charge on any atom is 0.148 e. The van der Waals surface area contributed by atoms with Crippen molar-refractivity contribution in [3.8, 4) is 0 Å². The summed E-state index contributed by atoms with van der Waals surface area (Å²) in [6.07, 6.45) is 2.31. The van der Waals surface area contributed by atoms with Crippen LogP contribution in [-0.2, 0) is 6.54 Å². The van der Waals surface area contributed by atoms with Crippen molar-refractivity contribution in [3.63, 3.8) is 0 Å². The molecule has 4 nitrogen and oxygen atoms in total. The zero-order valence-electron chi connectivity index (χ0n) is 9.98. The molecule has 0 aliphatic carbocycles. The molecule has 1 aromatic heterocycles. The highest BCUT2D eigenvalue weighted by molar-refractivity contribution is 6.31. The molecule has 0 saturated heterocycles. The second kappa shape index (κ2) is 5.46. The second-order valence-electron chi connectivity index (χ2n) is 3.95. The Kier molecular flexibility index (Phi) is 3.93. The molecule has 0 radical (unpaired) electrons. The van der Waals surface area contributed by atoms with E-state index in [0.29, 0.717) is 17.4 Å². The van der Waals surface area contributed by atoms with Gasteiger partial charge in [0.15, 0.2) is 0 Å². The van der Waals surface area contributed by atoms with Crippen LogP contribution in [0.15, 0.2) is 24.5 Å². The lowest BCUT2D eigenvalue weighted by molar-refractivity contribution is 0.538. The molecule has 1 aromatic carbocycles. The van der Waals surface area contributed by atoms with Gasteiger partial charge in [0.25, 0.3) is 0 Å². The maximum atomic E-state index is 13.8. The van der Waals surface area contributed by atoms with Crippen LogP contribution in [0.25, 0.3) is 0 Å². The standard InChI is InChI=1S/C12H14ClFN4/c1-2-6-18-12(16-7-17-18)11(15)10-8(13)4-3-5-9(10)14/h3-5,7,11H,2,6,15H2,1H3. The number of hydrogen-bond donors (Lipinski definition) is 1. The molecule has 96 valence electrons. The van der Waals surface area contributed by atoms with E-state index in [4.69, 9.17) is 17.3 Å². The highest BCUT2D eigenvalue weighted by atomic mass is 35.5. The fraction of sp³-hybridized carbons (Fsp3) is 0.333. The van der Waals surface area contributed by atoms with Gasteiger partial charge in [-0.1, -0.05) is 24.6 Å². The van der Waals surface area contributed by atoms with Crippen LogP contribution < -0.4 is 5.73 Å². The summed E-state index contributed by atoms with van der Waals surface area (Å²) in [4.78, 5) is 4.09. The van der Waals surface area contributed by atoms with Crippen LogP contribution in [-0.4, -0.2) is 14.8 Å². The summed E-state index contributed by atoms with van der Waals surface area (Å²) >= 11 is 5.99. The third-order valence-corrected chi connectivity index (χ3v) is 3.00. The summed E-state index contributed by atoms with van der Waals surface area (Å²) < 4.78 is 15.5. The lowest BCUT2D eigenvalue weighted by atomic mass is 10.1. The van der Waals surface area contributed by atoms with Gasteiger partial charge in [0.1, 0.15) is 18.0 Å². The molecule has 6 heteroatoms. The van der Waals surface area contributed by atoms with E-state index >= 15 is 0 Å². The zero-order valence-corrected chi connectivity index (χ0v) is 10.7. The van der Waals surface area contributed by atoms with Crippen molar-refractivity contribution in [3.05, 3.63) is 46.8 Å². The van der Waals surface area contributed by atoms with E-state index in [2.05, 4.69) is 10.1 Å².